The lowest BCUT2D eigenvalue weighted by atomic mass is 10.2. The maximum atomic E-state index is 11.9. The molecular formula is C16H25N3O2. The number of nitrogens with zero attached hydrogens (tertiary/aromatic N) is 1. The van der Waals surface area contributed by atoms with E-state index in [0.29, 0.717) is 19.0 Å². The van der Waals surface area contributed by atoms with Crippen molar-refractivity contribution >= 4 is 5.91 Å². The molecule has 3 rings (SSSR count). The lowest BCUT2D eigenvalue weighted by molar-refractivity contribution is -0.121. The molecule has 0 aromatic carbocycles. The Morgan fingerprint density at radius 3 is 2.86 bits per heavy atom. The Morgan fingerprint density at radius 1 is 1.38 bits per heavy atom. The Labute approximate surface area is 126 Å². The highest BCUT2D eigenvalue weighted by Crippen LogP contribution is 2.24. The van der Waals surface area contributed by atoms with Gasteiger partial charge in [-0.1, -0.05) is 0 Å². The van der Waals surface area contributed by atoms with Gasteiger partial charge < -0.3 is 15.1 Å². The molecule has 1 aromatic heterocycles. The lowest BCUT2D eigenvalue weighted by Crippen LogP contribution is -2.37. The van der Waals surface area contributed by atoms with Gasteiger partial charge in [-0.05, 0) is 50.9 Å². The second-order valence-electron chi connectivity index (χ2n) is 6.06. The lowest BCUT2D eigenvalue weighted by Gasteiger charge is -2.26. The van der Waals surface area contributed by atoms with E-state index in [2.05, 4.69) is 15.5 Å². The van der Waals surface area contributed by atoms with Gasteiger partial charge in [-0.15, -0.1) is 0 Å². The van der Waals surface area contributed by atoms with Crippen LogP contribution in [0.25, 0.3) is 0 Å². The zero-order valence-electron chi connectivity index (χ0n) is 12.5. The molecule has 116 valence electrons. The molecule has 1 saturated carbocycles. The van der Waals surface area contributed by atoms with Crippen LogP contribution < -0.4 is 10.6 Å². The summed E-state index contributed by atoms with van der Waals surface area (Å²) < 4.78 is 5.56. The molecule has 5 nitrogen and oxygen atoms in total. The third kappa shape index (κ3) is 4.32. The van der Waals surface area contributed by atoms with Gasteiger partial charge in [0.15, 0.2) is 0 Å². The Balaban J connectivity index is 1.45. The molecule has 0 spiro atoms. The average molecular weight is 291 g/mol. The SMILES string of the molecule is O=C(CCNC1CC1)NCC(c1ccco1)N1CCCC1. The maximum Gasteiger partial charge on any atom is 0.221 e. The third-order valence-corrected chi connectivity index (χ3v) is 4.31. The van der Waals surface area contributed by atoms with E-state index < -0.39 is 0 Å². The van der Waals surface area contributed by atoms with E-state index in [4.69, 9.17) is 4.42 Å². The fourth-order valence-electron chi connectivity index (χ4n) is 2.92. The summed E-state index contributed by atoms with van der Waals surface area (Å²) in [5, 5.41) is 6.43. The van der Waals surface area contributed by atoms with Crippen molar-refractivity contribution in [1.82, 2.24) is 15.5 Å². The number of furan rings is 1. The molecule has 0 radical (unpaired) electrons. The number of hydrogen-bond acceptors (Lipinski definition) is 4. The minimum Gasteiger partial charge on any atom is -0.468 e. The number of hydrogen-bond donors (Lipinski definition) is 2. The molecule has 1 unspecified atom stereocenters. The Hall–Kier alpha value is -1.33. The molecule has 2 heterocycles. The molecule has 5 heteroatoms. The summed E-state index contributed by atoms with van der Waals surface area (Å²) in [6.45, 7) is 3.59. The minimum absolute atomic E-state index is 0.124. The zero-order chi connectivity index (χ0) is 14.5. The van der Waals surface area contributed by atoms with Crippen LogP contribution in [-0.4, -0.2) is 43.0 Å². The third-order valence-electron chi connectivity index (χ3n) is 4.31. The molecule has 0 bridgehead atoms. The van der Waals surface area contributed by atoms with Crippen molar-refractivity contribution in [3.05, 3.63) is 24.2 Å². The first-order chi connectivity index (χ1) is 10.3. The summed E-state index contributed by atoms with van der Waals surface area (Å²) >= 11 is 0. The molecule has 1 atom stereocenters. The summed E-state index contributed by atoms with van der Waals surface area (Å²) in [6, 6.07) is 4.75. The zero-order valence-corrected chi connectivity index (χ0v) is 12.5. The molecule has 1 amide bonds. The minimum atomic E-state index is 0.124. The molecular weight excluding hydrogens is 266 g/mol. The van der Waals surface area contributed by atoms with Crippen molar-refractivity contribution in [2.75, 3.05) is 26.2 Å². The van der Waals surface area contributed by atoms with Crippen molar-refractivity contribution in [3.63, 3.8) is 0 Å². The quantitative estimate of drug-likeness (QED) is 0.765. The van der Waals surface area contributed by atoms with Crippen LogP contribution in [0.15, 0.2) is 22.8 Å². The van der Waals surface area contributed by atoms with Crippen molar-refractivity contribution in [3.8, 4) is 0 Å². The van der Waals surface area contributed by atoms with Crippen LogP contribution in [0.1, 0.15) is 43.9 Å². The highest BCUT2D eigenvalue weighted by atomic mass is 16.3. The van der Waals surface area contributed by atoms with Crippen molar-refractivity contribution < 1.29 is 9.21 Å². The van der Waals surface area contributed by atoms with E-state index in [1.165, 1.54) is 25.7 Å². The van der Waals surface area contributed by atoms with Gasteiger partial charge in [-0.25, -0.2) is 0 Å². The van der Waals surface area contributed by atoms with Crippen LogP contribution >= 0.6 is 0 Å². The molecule has 1 aliphatic carbocycles. The Morgan fingerprint density at radius 2 is 2.19 bits per heavy atom. The standard InChI is InChI=1S/C16H25N3O2/c20-16(7-8-17-13-5-6-13)18-12-14(15-4-3-11-21-15)19-9-1-2-10-19/h3-4,11,13-14,17H,1-2,5-10,12H2,(H,18,20). The Bertz CT molecular complexity index is 436. The maximum absolute atomic E-state index is 11.9. The predicted octanol–water partition coefficient (Wildman–Crippen LogP) is 1.67. The first kappa shape index (κ1) is 14.6. The van der Waals surface area contributed by atoms with E-state index in [9.17, 15) is 4.79 Å². The van der Waals surface area contributed by atoms with Gasteiger partial charge in [-0.2, -0.15) is 0 Å². The van der Waals surface area contributed by atoms with Crippen LogP contribution in [0.3, 0.4) is 0 Å². The molecule has 1 aromatic rings. The van der Waals surface area contributed by atoms with Gasteiger partial charge in [0.1, 0.15) is 5.76 Å². The largest absolute Gasteiger partial charge is 0.468 e. The number of carbonyl (C=O) groups excluding carboxylic acids is 1. The number of carbonyl (C=O) groups is 1. The average Bonchev–Trinajstić information content (AvgIpc) is 2.97. The monoisotopic (exact) mass is 291 g/mol. The van der Waals surface area contributed by atoms with E-state index in [-0.39, 0.29) is 11.9 Å². The summed E-state index contributed by atoms with van der Waals surface area (Å²) in [7, 11) is 0. The van der Waals surface area contributed by atoms with E-state index in [0.717, 1.165) is 25.4 Å². The Kier molecular flexibility index (Phi) is 4.93. The molecule has 2 N–H and O–H groups in total. The first-order valence-electron chi connectivity index (χ1n) is 8.10. The van der Waals surface area contributed by atoms with Crippen LogP contribution in [0.5, 0.6) is 0 Å². The first-order valence-corrected chi connectivity index (χ1v) is 8.10. The number of nitrogens with one attached hydrogen (secondary N) is 2. The van der Waals surface area contributed by atoms with Gasteiger partial charge in [0.25, 0.3) is 0 Å². The van der Waals surface area contributed by atoms with E-state index in [1.54, 1.807) is 6.26 Å². The van der Waals surface area contributed by atoms with Gasteiger partial charge >= 0.3 is 0 Å². The van der Waals surface area contributed by atoms with Crippen molar-refractivity contribution in [2.24, 2.45) is 0 Å². The molecule has 1 saturated heterocycles. The predicted molar refractivity (Wildman–Crippen MR) is 80.9 cm³/mol. The summed E-state index contributed by atoms with van der Waals surface area (Å²) in [5.74, 6) is 1.08. The van der Waals surface area contributed by atoms with Gasteiger partial charge in [0, 0.05) is 25.6 Å². The second kappa shape index (κ2) is 7.09. The normalized spacial score (nSPS) is 20.6. The van der Waals surface area contributed by atoms with E-state index >= 15 is 0 Å². The van der Waals surface area contributed by atoms with Gasteiger partial charge in [0.2, 0.25) is 5.91 Å². The highest BCUT2D eigenvalue weighted by molar-refractivity contribution is 5.76. The summed E-state index contributed by atoms with van der Waals surface area (Å²) in [4.78, 5) is 14.3. The van der Waals surface area contributed by atoms with Crippen LogP contribution in [0.4, 0.5) is 0 Å². The number of amides is 1. The molecule has 2 aliphatic rings. The second-order valence-corrected chi connectivity index (χ2v) is 6.06. The van der Waals surface area contributed by atoms with Crippen LogP contribution in [0.2, 0.25) is 0 Å². The topological polar surface area (TPSA) is 57.5 Å². The van der Waals surface area contributed by atoms with Gasteiger partial charge in [-0.3, -0.25) is 9.69 Å². The molecule has 1 aliphatic heterocycles. The fourth-order valence-corrected chi connectivity index (χ4v) is 2.92. The van der Waals surface area contributed by atoms with Gasteiger partial charge in [0.05, 0.1) is 12.3 Å². The number of likely N-dealkylation sites (tertiary alicyclic amines) is 1. The smallest absolute Gasteiger partial charge is 0.221 e. The summed E-state index contributed by atoms with van der Waals surface area (Å²) in [5.41, 5.74) is 0. The molecule has 2 fully saturated rings. The van der Waals surface area contributed by atoms with Crippen molar-refractivity contribution in [1.29, 1.82) is 0 Å². The molecule has 21 heavy (non-hydrogen) atoms. The number of rotatable bonds is 8. The fraction of sp³-hybridized carbons (Fsp3) is 0.688. The van der Waals surface area contributed by atoms with E-state index in [1.807, 2.05) is 12.1 Å². The van der Waals surface area contributed by atoms with Crippen LogP contribution in [-0.2, 0) is 4.79 Å². The van der Waals surface area contributed by atoms with Crippen LogP contribution in [0, 0.1) is 0 Å². The highest BCUT2D eigenvalue weighted by Gasteiger charge is 2.26. The van der Waals surface area contributed by atoms with Crippen molar-refractivity contribution in [2.45, 2.75) is 44.2 Å². The summed E-state index contributed by atoms with van der Waals surface area (Å²) in [6.07, 6.45) is 7.25.